The highest BCUT2D eigenvalue weighted by Gasteiger charge is 2.04. The standard InChI is InChI=1S/C15H14N2O3/c1-19-15(18)20-13-8-6-11(7-9-13)10-2-4-12(5-3-10)14(16)17/h2-9H,1H3,(H3,16,17). The first-order valence-corrected chi connectivity index (χ1v) is 5.91. The Balaban J connectivity index is 2.17. The monoisotopic (exact) mass is 270 g/mol. The SMILES string of the molecule is COC(=O)Oc1ccc(-c2ccc(C(=N)N)cc2)cc1. The summed E-state index contributed by atoms with van der Waals surface area (Å²) in [5.74, 6) is 0.458. The normalized spacial score (nSPS) is 9.85. The van der Waals surface area contributed by atoms with Gasteiger partial charge in [-0.15, -0.1) is 0 Å². The van der Waals surface area contributed by atoms with Gasteiger partial charge in [0.05, 0.1) is 7.11 Å². The lowest BCUT2D eigenvalue weighted by molar-refractivity contribution is 0.121. The van der Waals surface area contributed by atoms with Gasteiger partial charge in [0.25, 0.3) is 0 Å². The number of amidine groups is 1. The van der Waals surface area contributed by atoms with Crippen molar-refractivity contribution < 1.29 is 14.3 Å². The van der Waals surface area contributed by atoms with E-state index in [0.29, 0.717) is 11.3 Å². The van der Waals surface area contributed by atoms with Gasteiger partial charge >= 0.3 is 6.16 Å². The van der Waals surface area contributed by atoms with Crippen LogP contribution in [0.2, 0.25) is 0 Å². The van der Waals surface area contributed by atoms with Crippen LogP contribution in [0.25, 0.3) is 11.1 Å². The summed E-state index contributed by atoms with van der Waals surface area (Å²) in [6.45, 7) is 0. The molecule has 0 atom stereocenters. The molecule has 3 N–H and O–H groups in total. The van der Waals surface area contributed by atoms with Gasteiger partial charge < -0.3 is 15.2 Å². The van der Waals surface area contributed by atoms with Crippen LogP contribution in [0.5, 0.6) is 5.75 Å². The summed E-state index contributed by atoms with van der Waals surface area (Å²) >= 11 is 0. The molecule has 2 aromatic rings. The Morgan fingerprint density at radius 2 is 1.50 bits per heavy atom. The van der Waals surface area contributed by atoms with Crippen molar-refractivity contribution in [3.05, 3.63) is 54.1 Å². The zero-order chi connectivity index (χ0) is 14.5. The van der Waals surface area contributed by atoms with Crippen LogP contribution in [0.1, 0.15) is 5.56 Å². The maximum Gasteiger partial charge on any atom is 0.513 e. The van der Waals surface area contributed by atoms with Gasteiger partial charge in [-0.05, 0) is 23.3 Å². The van der Waals surface area contributed by atoms with Crippen molar-refractivity contribution >= 4 is 12.0 Å². The Bertz CT molecular complexity index is 619. The Labute approximate surface area is 116 Å². The van der Waals surface area contributed by atoms with E-state index < -0.39 is 6.16 Å². The van der Waals surface area contributed by atoms with Crippen LogP contribution in [-0.2, 0) is 4.74 Å². The Kier molecular flexibility index (Phi) is 4.00. The number of hydrogen-bond donors (Lipinski definition) is 2. The number of methoxy groups -OCH3 is 1. The molecule has 2 aromatic carbocycles. The van der Waals surface area contributed by atoms with Crippen LogP contribution < -0.4 is 10.5 Å². The number of carbonyl (C=O) groups excluding carboxylic acids is 1. The zero-order valence-corrected chi connectivity index (χ0v) is 10.9. The molecule has 20 heavy (non-hydrogen) atoms. The van der Waals surface area contributed by atoms with Gasteiger partial charge in [-0.2, -0.15) is 0 Å². The second-order valence-corrected chi connectivity index (χ2v) is 4.07. The topological polar surface area (TPSA) is 85.4 Å². The summed E-state index contributed by atoms with van der Waals surface area (Å²) in [6.07, 6.45) is -0.747. The Morgan fingerprint density at radius 1 is 1.00 bits per heavy atom. The summed E-state index contributed by atoms with van der Waals surface area (Å²) in [6, 6.07) is 14.4. The van der Waals surface area contributed by atoms with Crippen molar-refractivity contribution in [2.45, 2.75) is 0 Å². The van der Waals surface area contributed by atoms with Crippen molar-refractivity contribution in [1.82, 2.24) is 0 Å². The lowest BCUT2D eigenvalue weighted by Gasteiger charge is -2.06. The van der Waals surface area contributed by atoms with E-state index in [2.05, 4.69) is 4.74 Å². The predicted octanol–water partition coefficient (Wildman–Crippen LogP) is 2.78. The summed E-state index contributed by atoms with van der Waals surface area (Å²) < 4.78 is 9.31. The third-order valence-electron chi connectivity index (χ3n) is 2.75. The van der Waals surface area contributed by atoms with E-state index in [9.17, 15) is 4.79 Å². The average molecular weight is 270 g/mol. The Hall–Kier alpha value is -2.82. The molecule has 5 heteroatoms. The minimum Gasteiger partial charge on any atom is -0.437 e. The maximum absolute atomic E-state index is 11.0. The van der Waals surface area contributed by atoms with Crippen LogP contribution in [0.4, 0.5) is 4.79 Å². The molecule has 0 amide bonds. The highest BCUT2D eigenvalue weighted by Crippen LogP contribution is 2.23. The molecule has 0 radical (unpaired) electrons. The highest BCUT2D eigenvalue weighted by molar-refractivity contribution is 5.95. The molecule has 0 saturated carbocycles. The van der Waals surface area contributed by atoms with E-state index in [4.69, 9.17) is 15.9 Å². The minimum absolute atomic E-state index is 0.0402. The van der Waals surface area contributed by atoms with Crippen LogP contribution >= 0.6 is 0 Å². The fourth-order valence-electron chi connectivity index (χ4n) is 1.70. The second kappa shape index (κ2) is 5.88. The van der Waals surface area contributed by atoms with Crippen LogP contribution in [0.15, 0.2) is 48.5 Å². The van der Waals surface area contributed by atoms with Crippen molar-refractivity contribution in [1.29, 1.82) is 5.41 Å². The molecule has 0 fully saturated rings. The van der Waals surface area contributed by atoms with E-state index in [1.54, 1.807) is 24.3 Å². The molecule has 102 valence electrons. The molecule has 0 aromatic heterocycles. The smallest absolute Gasteiger partial charge is 0.437 e. The van der Waals surface area contributed by atoms with Gasteiger partial charge in [0.1, 0.15) is 11.6 Å². The number of ether oxygens (including phenoxy) is 2. The lowest BCUT2D eigenvalue weighted by Crippen LogP contribution is -2.10. The molecule has 0 aliphatic heterocycles. The lowest BCUT2D eigenvalue weighted by atomic mass is 10.0. The van der Waals surface area contributed by atoms with Crippen LogP contribution in [0, 0.1) is 5.41 Å². The maximum atomic E-state index is 11.0. The van der Waals surface area contributed by atoms with E-state index in [1.807, 2.05) is 24.3 Å². The summed E-state index contributed by atoms with van der Waals surface area (Å²) in [7, 11) is 1.26. The third kappa shape index (κ3) is 3.14. The summed E-state index contributed by atoms with van der Waals surface area (Å²) in [5.41, 5.74) is 8.04. The predicted molar refractivity (Wildman–Crippen MR) is 75.9 cm³/mol. The van der Waals surface area contributed by atoms with Crippen molar-refractivity contribution in [2.24, 2.45) is 5.73 Å². The molecule has 0 heterocycles. The number of nitrogen functional groups attached to an aromatic ring is 1. The molecule has 0 bridgehead atoms. The zero-order valence-electron chi connectivity index (χ0n) is 10.9. The summed E-state index contributed by atoms with van der Waals surface area (Å²) in [4.78, 5) is 11.0. The largest absolute Gasteiger partial charge is 0.513 e. The van der Waals surface area contributed by atoms with Crippen LogP contribution in [0.3, 0.4) is 0 Å². The number of benzene rings is 2. The van der Waals surface area contributed by atoms with Gasteiger partial charge in [-0.3, -0.25) is 5.41 Å². The molecular formula is C15H14N2O3. The number of rotatable bonds is 3. The van der Waals surface area contributed by atoms with Gasteiger partial charge in [0.15, 0.2) is 0 Å². The van der Waals surface area contributed by atoms with E-state index in [1.165, 1.54) is 7.11 Å². The minimum atomic E-state index is -0.747. The summed E-state index contributed by atoms with van der Waals surface area (Å²) in [5, 5.41) is 7.34. The van der Waals surface area contributed by atoms with Crippen molar-refractivity contribution in [3.63, 3.8) is 0 Å². The first kappa shape index (κ1) is 13.6. The molecule has 5 nitrogen and oxygen atoms in total. The molecule has 0 aliphatic rings. The molecular weight excluding hydrogens is 256 g/mol. The van der Waals surface area contributed by atoms with Crippen molar-refractivity contribution in [3.8, 4) is 16.9 Å². The molecule has 0 aliphatic carbocycles. The van der Waals surface area contributed by atoms with Gasteiger partial charge in [-0.25, -0.2) is 4.79 Å². The van der Waals surface area contributed by atoms with Crippen LogP contribution in [-0.4, -0.2) is 19.1 Å². The van der Waals surface area contributed by atoms with Gasteiger partial charge in [0, 0.05) is 5.56 Å². The molecule has 2 rings (SSSR count). The van der Waals surface area contributed by atoms with E-state index in [-0.39, 0.29) is 5.84 Å². The first-order valence-electron chi connectivity index (χ1n) is 5.91. The van der Waals surface area contributed by atoms with Gasteiger partial charge in [0.2, 0.25) is 0 Å². The fourth-order valence-corrected chi connectivity index (χ4v) is 1.70. The molecule has 0 saturated heterocycles. The van der Waals surface area contributed by atoms with E-state index >= 15 is 0 Å². The molecule has 0 spiro atoms. The quantitative estimate of drug-likeness (QED) is 0.388. The van der Waals surface area contributed by atoms with E-state index in [0.717, 1.165) is 11.1 Å². The highest BCUT2D eigenvalue weighted by atomic mass is 16.7. The second-order valence-electron chi connectivity index (χ2n) is 4.07. The third-order valence-corrected chi connectivity index (χ3v) is 2.75. The number of nitrogens with one attached hydrogen (secondary N) is 1. The van der Waals surface area contributed by atoms with Crippen molar-refractivity contribution in [2.75, 3.05) is 7.11 Å². The Morgan fingerprint density at radius 3 is 1.95 bits per heavy atom. The number of hydrogen-bond acceptors (Lipinski definition) is 4. The number of carbonyl (C=O) groups is 1. The first-order chi connectivity index (χ1) is 9.60. The fraction of sp³-hybridized carbons (Fsp3) is 0.0667. The average Bonchev–Trinajstić information content (AvgIpc) is 2.48. The van der Waals surface area contributed by atoms with Gasteiger partial charge in [-0.1, -0.05) is 36.4 Å². The molecule has 0 unspecified atom stereocenters. The number of nitrogens with two attached hydrogens (primary N) is 1.